The van der Waals surface area contributed by atoms with E-state index in [0.717, 1.165) is 63.1 Å². The van der Waals surface area contributed by atoms with Gasteiger partial charge in [-0.05, 0) is 56.4 Å². The summed E-state index contributed by atoms with van der Waals surface area (Å²) in [4.78, 5) is 14.1. The number of phenolic OH excluding ortho intramolecular Hbond substituents is 1. The number of hydrogen-bond acceptors (Lipinski definition) is 6. The maximum Gasteiger partial charge on any atom is 0.221 e. The number of benzene rings is 2. The first kappa shape index (κ1) is 25.6. The van der Waals surface area contributed by atoms with Crippen LogP contribution in [0.25, 0.3) is 16.9 Å². The lowest BCUT2D eigenvalue weighted by Gasteiger charge is -2.30. The Morgan fingerprint density at radius 2 is 1.92 bits per heavy atom. The van der Waals surface area contributed by atoms with Crippen LogP contribution in [0.15, 0.2) is 54.2 Å². The lowest BCUT2D eigenvalue weighted by atomic mass is 9.99. The van der Waals surface area contributed by atoms with Gasteiger partial charge in [0.25, 0.3) is 0 Å². The van der Waals surface area contributed by atoms with Gasteiger partial charge < -0.3 is 30.1 Å². The molecule has 4 rings (SSSR count). The number of ether oxygens (including phenoxy) is 2. The highest BCUT2D eigenvalue weighted by molar-refractivity contribution is 5.91. The maximum atomic E-state index is 11.8. The minimum atomic E-state index is -0.150. The van der Waals surface area contributed by atoms with Crippen LogP contribution in [-0.4, -0.2) is 55.3 Å². The van der Waals surface area contributed by atoms with Gasteiger partial charge >= 0.3 is 0 Å². The SMILES string of the molecule is C/C=C(\C=C(/OC)c1cccc(-c2ccc(NC(C)=O)c(OC3CCCC3)c2)c1O)N1CCNCC1. The molecule has 1 aliphatic carbocycles. The van der Waals surface area contributed by atoms with Crippen LogP contribution < -0.4 is 15.4 Å². The number of hydrogen-bond donors (Lipinski definition) is 3. The number of carbonyl (C=O) groups excluding carboxylic acids is 1. The van der Waals surface area contributed by atoms with Crippen molar-refractivity contribution in [2.45, 2.75) is 45.6 Å². The van der Waals surface area contributed by atoms with E-state index in [2.05, 4.69) is 21.6 Å². The molecule has 2 fully saturated rings. The summed E-state index contributed by atoms with van der Waals surface area (Å²) >= 11 is 0. The molecule has 0 aromatic heterocycles. The molecule has 0 unspecified atom stereocenters. The van der Waals surface area contributed by atoms with Gasteiger partial charge in [-0.25, -0.2) is 0 Å². The molecule has 2 aromatic rings. The predicted molar refractivity (Wildman–Crippen MR) is 144 cm³/mol. The maximum absolute atomic E-state index is 11.8. The van der Waals surface area contributed by atoms with E-state index in [9.17, 15) is 9.90 Å². The van der Waals surface area contributed by atoms with Crippen LogP contribution in [0.5, 0.6) is 11.5 Å². The first-order valence-electron chi connectivity index (χ1n) is 12.8. The average Bonchev–Trinajstić information content (AvgIpc) is 3.40. The van der Waals surface area contributed by atoms with Crippen LogP contribution in [0.3, 0.4) is 0 Å². The van der Waals surface area contributed by atoms with E-state index in [0.29, 0.717) is 28.3 Å². The van der Waals surface area contributed by atoms with Crippen LogP contribution in [0.1, 0.15) is 45.1 Å². The Morgan fingerprint density at radius 3 is 2.58 bits per heavy atom. The van der Waals surface area contributed by atoms with Crippen molar-refractivity contribution in [3.8, 4) is 22.6 Å². The Bertz CT molecular complexity index is 1130. The number of piperazine rings is 1. The number of nitrogens with zero attached hydrogens (tertiary/aromatic N) is 1. The molecule has 1 heterocycles. The van der Waals surface area contributed by atoms with Gasteiger partial charge in [0.1, 0.15) is 17.3 Å². The molecule has 7 heteroatoms. The summed E-state index contributed by atoms with van der Waals surface area (Å²) in [6.07, 6.45) is 8.50. The predicted octanol–water partition coefficient (Wildman–Crippen LogP) is 5.14. The number of nitrogens with one attached hydrogen (secondary N) is 2. The standard InChI is InChI=1S/C29H37N3O4/c1-4-22(32-16-14-30-15-17-32)19-27(35-3)25-11-7-10-24(29(25)34)21-12-13-26(31-20(2)33)28(18-21)36-23-8-5-6-9-23/h4,7,10-13,18-19,23,30,34H,5-6,8-9,14-17H2,1-3H3,(H,31,33)/b22-4+,27-19-. The summed E-state index contributed by atoms with van der Waals surface area (Å²) < 4.78 is 12.0. The Morgan fingerprint density at radius 1 is 1.17 bits per heavy atom. The van der Waals surface area contributed by atoms with Crippen molar-refractivity contribution in [3.63, 3.8) is 0 Å². The second-order valence-electron chi connectivity index (χ2n) is 9.28. The fourth-order valence-corrected chi connectivity index (χ4v) is 4.90. The fraction of sp³-hybridized carbons (Fsp3) is 0.414. The van der Waals surface area contributed by atoms with E-state index in [1.54, 1.807) is 7.11 Å². The highest BCUT2D eigenvalue weighted by Crippen LogP contribution is 2.40. The zero-order valence-corrected chi connectivity index (χ0v) is 21.5. The van der Waals surface area contributed by atoms with E-state index in [1.165, 1.54) is 6.92 Å². The van der Waals surface area contributed by atoms with E-state index >= 15 is 0 Å². The normalized spacial score (nSPS) is 17.2. The minimum absolute atomic E-state index is 0.139. The lowest BCUT2D eigenvalue weighted by molar-refractivity contribution is -0.114. The summed E-state index contributed by atoms with van der Waals surface area (Å²) in [7, 11) is 1.62. The molecule has 0 atom stereocenters. The Hall–Kier alpha value is -3.45. The molecule has 2 aromatic carbocycles. The molecule has 1 saturated heterocycles. The van der Waals surface area contributed by atoms with Gasteiger partial charge in [0.05, 0.1) is 24.5 Å². The Labute approximate surface area is 213 Å². The molecule has 1 saturated carbocycles. The van der Waals surface area contributed by atoms with Crippen molar-refractivity contribution in [3.05, 3.63) is 59.8 Å². The van der Waals surface area contributed by atoms with Crippen molar-refractivity contribution in [2.75, 3.05) is 38.6 Å². The molecule has 1 amide bonds. The number of allylic oxidation sites excluding steroid dienone is 2. The van der Waals surface area contributed by atoms with Crippen LogP contribution >= 0.6 is 0 Å². The minimum Gasteiger partial charge on any atom is -0.507 e. The molecule has 7 nitrogen and oxygen atoms in total. The largest absolute Gasteiger partial charge is 0.507 e. The third-order valence-corrected chi connectivity index (χ3v) is 6.78. The van der Waals surface area contributed by atoms with Gasteiger partial charge in [-0.15, -0.1) is 0 Å². The van der Waals surface area contributed by atoms with E-state index in [4.69, 9.17) is 9.47 Å². The van der Waals surface area contributed by atoms with Gasteiger partial charge in [0.15, 0.2) is 0 Å². The van der Waals surface area contributed by atoms with E-state index in [-0.39, 0.29) is 17.8 Å². The molecule has 36 heavy (non-hydrogen) atoms. The molecule has 2 aliphatic rings. The second kappa shape index (κ2) is 12.0. The van der Waals surface area contributed by atoms with E-state index < -0.39 is 0 Å². The van der Waals surface area contributed by atoms with E-state index in [1.807, 2.05) is 49.4 Å². The van der Waals surface area contributed by atoms with Crippen molar-refractivity contribution in [1.29, 1.82) is 0 Å². The molecule has 0 spiro atoms. The highest BCUT2D eigenvalue weighted by Gasteiger charge is 2.21. The zero-order valence-electron chi connectivity index (χ0n) is 21.5. The molecule has 1 aliphatic heterocycles. The number of anilines is 1. The number of amides is 1. The van der Waals surface area contributed by atoms with Crippen molar-refractivity contribution in [2.24, 2.45) is 0 Å². The molecule has 3 N–H and O–H groups in total. The highest BCUT2D eigenvalue weighted by atomic mass is 16.5. The average molecular weight is 492 g/mol. The number of aromatic hydroxyl groups is 1. The van der Waals surface area contributed by atoms with Crippen LogP contribution in [-0.2, 0) is 9.53 Å². The number of methoxy groups -OCH3 is 1. The quantitative estimate of drug-likeness (QED) is 0.351. The van der Waals surface area contributed by atoms with Crippen LogP contribution in [0.4, 0.5) is 5.69 Å². The number of carbonyl (C=O) groups is 1. The molecular formula is C29H37N3O4. The first-order valence-corrected chi connectivity index (χ1v) is 12.8. The molecule has 0 bridgehead atoms. The van der Waals surface area contributed by atoms with Gasteiger partial charge in [-0.2, -0.15) is 0 Å². The zero-order chi connectivity index (χ0) is 25.5. The van der Waals surface area contributed by atoms with Gasteiger partial charge in [0, 0.05) is 50.4 Å². The molecular weight excluding hydrogens is 454 g/mol. The number of rotatable bonds is 8. The topological polar surface area (TPSA) is 83.1 Å². The number of para-hydroxylation sites is 1. The summed E-state index contributed by atoms with van der Waals surface area (Å²) in [6, 6.07) is 11.3. The number of phenols is 1. The fourth-order valence-electron chi connectivity index (χ4n) is 4.90. The van der Waals surface area contributed by atoms with Crippen molar-refractivity contribution >= 4 is 17.4 Å². The smallest absolute Gasteiger partial charge is 0.221 e. The Kier molecular flexibility index (Phi) is 8.54. The summed E-state index contributed by atoms with van der Waals surface area (Å²) in [6.45, 7) is 7.22. The van der Waals surface area contributed by atoms with Gasteiger partial charge in [-0.1, -0.05) is 24.3 Å². The van der Waals surface area contributed by atoms with Gasteiger partial charge in [0.2, 0.25) is 5.91 Å². The van der Waals surface area contributed by atoms with Crippen molar-refractivity contribution in [1.82, 2.24) is 10.2 Å². The van der Waals surface area contributed by atoms with Gasteiger partial charge in [-0.3, -0.25) is 4.79 Å². The molecule has 192 valence electrons. The third kappa shape index (κ3) is 6.02. The summed E-state index contributed by atoms with van der Waals surface area (Å²) in [5.41, 5.74) is 3.80. The van der Waals surface area contributed by atoms with Crippen LogP contribution in [0.2, 0.25) is 0 Å². The second-order valence-corrected chi connectivity index (χ2v) is 9.28. The third-order valence-electron chi connectivity index (χ3n) is 6.78. The molecule has 0 radical (unpaired) electrons. The summed E-state index contributed by atoms with van der Waals surface area (Å²) in [5.74, 6) is 1.21. The first-order chi connectivity index (χ1) is 17.5. The van der Waals surface area contributed by atoms with Crippen molar-refractivity contribution < 1.29 is 19.4 Å². The van der Waals surface area contributed by atoms with Crippen LogP contribution in [0, 0.1) is 0 Å². The lowest BCUT2D eigenvalue weighted by Crippen LogP contribution is -2.42. The summed E-state index contributed by atoms with van der Waals surface area (Å²) in [5, 5.41) is 17.6. The Balaban J connectivity index is 1.68. The monoisotopic (exact) mass is 491 g/mol.